The number of amides is 1. The van der Waals surface area contributed by atoms with Crippen LogP contribution < -0.4 is 0 Å². The average Bonchev–Trinajstić information content (AvgIpc) is 2.13. The molecule has 0 bridgehead atoms. The number of aliphatic hydroxyl groups excluding tert-OH is 1. The number of likely N-dealkylation sites (tertiary alicyclic amines) is 1. The van der Waals surface area contributed by atoms with Crippen molar-refractivity contribution in [3.63, 3.8) is 0 Å². The summed E-state index contributed by atoms with van der Waals surface area (Å²) in [5, 5.41) is 9.34. The Labute approximate surface area is 104 Å². The SMILES string of the molecule is CC(C)(C)OC(=O)N1CCC(O)C(C(F)(F)F)C1. The van der Waals surface area contributed by atoms with E-state index in [4.69, 9.17) is 4.74 Å². The molecule has 0 spiro atoms. The van der Waals surface area contributed by atoms with Gasteiger partial charge in [-0.1, -0.05) is 0 Å². The Hall–Kier alpha value is -0.980. The normalized spacial score (nSPS) is 26.1. The standard InChI is InChI=1S/C11H18F3NO3/c1-10(2,3)18-9(17)15-5-4-8(16)7(6-15)11(12,13)14/h7-8,16H,4-6H2,1-3H3. The third kappa shape index (κ3) is 4.04. The highest BCUT2D eigenvalue weighted by Gasteiger charge is 2.48. The maximum Gasteiger partial charge on any atom is 0.410 e. The third-order valence-corrected chi connectivity index (χ3v) is 2.65. The van der Waals surface area contributed by atoms with Crippen molar-refractivity contribution >= 4 is 6.09 Å². The summed E-state index contributed by atoms with van der Waals surface area (Å²) in [6, 6.07) is 0. The topological polar surface area (TPSA) is 49.8 Å². The van der Waals surface area contributed by atoms with Crippen LogP contribution in [0.2, 0.25) is 0 Å². The maximum atomic E-state index is 12.6. The Balaban J connectivity index is 2.68. The number of carbonyl (C=O) groups excluding carboxylic acids is 1. The Kier molecular flexibility index (Phi) is 4.15. The monoisotopic (exact) mass is 269 g/mol. The van der Waals surface area contributed by atoms with Gasteiger partial charge in [0.05, 0.1) is 12.0 Å². The van der Waals surface area contributed by atoms with Crippen LogP contribution in [0.5, 0.6) is 0 Å². The zero-order chi connectivity index (χ0) is 14.1. The lowest BCUT2D eigenvalue weighted by Gasteiger charge is -2.37. The van der Waals surface area contributed by atoms with Crippen molar-refractivity contribution in [2.75, 3.05) is 13.1 Å². The van der Waals surface area contributed by atoms with E-state index in [-0.39, 0.29) is 13.0 Å². The largest absolute Gasteiger partial charge is 0.444 e. The molecular weight excluding hydrogens is 251 g/mol. The number of aliphatic hydroxyl groups is 1. The van der Waals surface area contributed by atoms with Crippen molar-refractivity contribution in [1.82, 2.24) is 4.90 Å². The van der Waals surface area contributed by atoms with Crippen molar-refractivity contribution in [2.45, 2.75) is 45.1 Å². The molecule has 1 fully saturated rings. The van der Waals surface area contributed by atoms with Gasteiger partial charge in [0.1, 0.15) is 5.60 Å². The van der Waals surface area contributed by atoms with Crippen molar-refractivity contribution < 1.29 is 27.8 Å². The number of piperidine rings is 1. The summed E-state index contributed by atoms with van der Waals surface area (Å²) in [5.41, 5.74) is -0.749. The number of nitrogens with zero attached hydrogens (tertiary/aromatic N) is 1. The second-order valence-corrected chi connectivity index (χ2v) is 5.43. The molecule has 4 nitrogen and oxygen atoms in total. The van der Waals surface area contributed by atoms with Gasteiger partial charge in [0.2, 0.25) is 0 Å². The van der Waals surface area contributed by atoms with Gasteiger partial charge in [0, 0.05) is 13.1 Å². The second kappa shape index (κ2) is 4.95. The molecule has 0 aromatic heterocycles. The van der Waals surface area contributed by atoms with E-state index in [1.807, 2.05) is 0 Å². The minimum Gasteiger partial charge on any atom is -0.444 e. The van der Waals surface area contributed by atoms with Crippen LogP contribution in [0.3, 0.4) is 0 Å². The molecule has 1 amide bonds. The molecule has 1 rings (SSSR count). The lowest BCUT2D eigenvalue weighted by atomic mass is 9.94. The molecule has 106 valence electrons. The summed E-state index contributed by atoms with van der Waals surface area (Å²) in [6.07, 6.45) is -6.84. The first-order valence-electron chi connectivity index (χ1n) is 5.73. The molecule has 7 heteroatoms. The van der Waals surface area contributed by atoms with Crippen LogP contribution in [0.15, 0.2) is 0 Å². The molecule has 0 aromatic rings. The molecular formula is C11H18F3NO3. The highest BCUT2D eigenvalue weighted by atomic mass is 19.4. The van der Waals surface area contributed by atoms with E-state index in [1.165, 1.54) is 0 Å². The van der Waals surface area contributed by atoms with Gasteiger partial charge in [-0.2, -0.15) is 13.2 Å². The van der Waals surface area contributed by atoms with Gasteiger partial charge >= 0.3 is 12.3 Å². The van der Waals surface area contributed by atoms with Crippen LogP contribution in [0.25, 0.3) is 0 Å². The summed E-state index contributed by atoms with van der Waals surface area (Å²) in [7, 11) is 0. The van der Waals surface area contributed by atoms with Crippen LogP contribution in [-0.4, -0.2) is 47.1 Å². The van der Waals surface area contributed by atoms with Gasteiger partial charge in [0.15, 0.2) is 0 Å². The van der Waals surface area contributed by atoms with Crippen molar-refractivity contribution in [3.8, 4) is 0 Å². The summed E-state index contributed by atoms with van der Waals surface area (Å²) in [4.78, 5) is 12.6. The van der Waals surface area contributed by atoms with Crippen molar-refractivity contribution in [2.24, 2.45) is 5.92 Å². The van der Waals surface area contributed by atoms with Crippen LogP contribution >= 0.6 is 0 Å². The highest BCUT2D eigenvalue weighted by molar-refractivity contribution is 5.68. The van der Waals surface area contributed by atoms with Gasteiger partial charge in [0.25, 0.3) is 0 Å². The molecule has 1 aliphatic rings. The highest BCUT2D eigenvalue weighted by Crippen LogP contribution is 2.33. The zero-order valence-corrected chi connectivity index (χ0v) is 10.6. The van der Waals surface area contributed by atoms with Gasteiger partial charge in [-0.25, -0.2) is 4.79 Å². The maximum absolute atomic E-state index is 12.6. The van der Waals surface area contributed by atoms with Gasteiger partial charge in [-0.05, 0) is 27.2 Å². The van der Waals surface area contributed by atoms with Gasteiger partial charge < -0.3 is 14.7 Å². The molecule has 2 unspecified atom stereocenters. The number of hydrogen-bond acceptors (Lipinski definition) is 3. The molecule has 0 aromatic carbocycles. The number of rotatable bonds is 0. The number of hydrogen-bond donors (Lipinski definition) is 1. The Morgan fingerprint density at radius 3 is 2.33 bits per heavy atom. The molecule has 1 heterocycles. The first-order chi connectivity index (χ1) is 8.00. The summed E-state index contributed by atoms with van der Waals surface area (Å²) >= 11 is 0. The molecule has 18 heavy (non-hydrogen) atoms. The molecule has 1 saturated heterocycles. The van der Waals surface area contributed by atoms with E-state index in [0.29, 0.717) is 0 Å². The molecule has 2 atom stereocenters. The molecule has 1 N–H and O–H groups in total. The van der Waals surface area contributed by atoms with Crippen LogP contribution in [0, 0.1) is 5.92 Å². The quantitative estimate of drug-likeness (QED) is 0.733. The van der Waals surface area contributed by atoms with Gasteiger partial charge in [-0.15, -0.1) is 0 Å². The number of halogens is 3. The average molecular weight is 269 g/mol. The Morgan fingerprint density at radius 1 is 1.33 bits per heavy atom. The summed E-state index contributed by atoms with van der Waals surface area (Å²) in [6.45, 7) is 4.45. The lowest BCUT2D eigenvalue weighted by molar-refractivity contribution is -0.211. The van der Waals surface area contributed by atoms with Gasteiger partial charge in [-0.3, -0.25) is 0 Å². The first-order valence-corrected chi connectivity index (χ1v) is 5.73. The molecule has 0 radical (unpaired) electrons. The van der Waals surface area contributed by atoms with E-state index in [1.54, 1.807) is 20.8 Å². The van der Waals surface area contributed by atoms with E-state index in [9.17, 15) is 23.1 Å². The number of ether oxygens (including phenoxy) is 1. The van der Waals surface area contributed by atoms with Crippen LogP contribution in [0.4, 0.5) is 18.0 Å². The smallest absolute Gasteiger partial charge is 0.410 e. The fourth-order valence-corrected chi connectivity index (χ4v) is 1.75. The second-order valence-electron chi connectivity index (χ2n) is 5.43. The number of alkyl halides is 3. The minimum atomic E-state index is -4.51. The predicted molar refractivity (Wildman–Crippen MR) is 58.0 cm³/mol. The summed E-state index contributed by atoms with van der Waals surface area (Å²) < 4.78 is 42.9. The fourth-order valence-electron chi connectivity index (χ4n) is 1.75. The minimum absolute atomic E-state index is 0.0721. The molecule has 0 saturated carbocycles. The third-order valence-electron chi connectivity index (χ3n) is 2.65. The van der Waals surface area contributed by atoms with E-state index >= 15 is 0 Å². The van der Waals surface area contributed by atoms with E-state index in [0.717, 1.165) is 4.90 Å². The Morgan fingerprint density at radius 2 is 1.89 bits per heavy atom. The molecule has 1 aliphatic heterocycles. The van der Waals surface area contributed by atoms with E-state index in [2.05, 4.69) is 0 Å². The van der Waals surface area contributed by atoms with Crippen molar-refractivity contribution in [3.05, 3.63) is 0 Å². The van der Waals surface area contributed by atoms with Crippen molar-refractivity contribution in [1.29, 1.82) is 0 Å². The first kappa shape index (κ1) is 15.1. The Bertz CT molecular complexity index is 312. The fraction of sp³-hybridized carbons (Fsp3) is 0.909. The lowest BCUT2D eigenvalue weighted by Crippen LogP contribution is -2.52. The summed E-state index contributed by atoms with van der Waals surface area (Å²) in [5.74, 6) is -1.90. The van der Waals surface area contributed by atoms with Crippen LogP contribution in [-0.2, 0) is 4.74 Å². The predicted octanol–water partition coefficient (Wildman–Crippen LogP) is 2.17. The molecule has 0 aliphatic carbocycles. The van der Waals surface area contributed by atoms with E-state index < -0.39 is 36.4 Å². The zero-order valence-electron chi connectivity index (χ0n) is 10.6. The number of carbonyl (C=O) groups is 1. The van der Waals surface area contributed by atoms with Crippen LogP contribution in [0.1, 0.15) is 27.2 Å².